The summed E-state index contributed by atoms with van der Waals surface area (Å²) in [6.07, 6.45) is 1.48. The molecule has 0 aliphatic rings. The smallest absolute Gasteiger partial charge is 0.261 e. The monoisotopic (exact) mass is 376 g/mol. The van der Waals surface area contributed by atoms with Crippen LogP contribution in [0.4, 0.5) is 5.69 Å². The van der Waals surface area contributed by atoms with Gasteiger partial charge in [0.2, 0.25) is 0 Å². The second-order valence-electron chi connectivity index (χ2n) is 5.72. The number of rotatable bonds is 7. The maximum atomic E-state index is 12.6. The van der Waals surface area contributed by atoms with Crippen LogP contribution in [0.5, 0.6) is 5.75 Å². The number of fused-ring (bicyclic) bond motifs is 1. The van der Waals surface area contributed by atoms with Crippen LogP contribution >= 0.6 is 0 Å². The van der Waals surface area contributed by atoms with E-state index in [9.17, 15) is 8.42 Å². The van der Waals surface area contributed by atoms with Crippen LogP contribution in [0.25, 0.3) is 11.0 Å². The molecule has 0 saturated heterocycles. The van der Waals surface area contributed by atoms with Gasteiger partial charge < -0.3 is 9.47 Å². The lowest BCUT2D eigenvalue weighted by Crippen LogP contribution is -2.13. The average molecular weight is 376 g/mol. The first-order chi connectivity index (χ1) is 12.4. The molecule has 9 heteroatoms. The topological polar surface area (TPSA) is 95.3 Å². The Labute approximate surface area is 151 Å². The molecule has 0 unspecified atom stereocenters. The largest absolute Gasteiger partial charge is 0.491 e. The quantitative estimate of drug-likeness (QED) is 0.635. The zero-order valence-corrected chi connectivity index (χ0v) is 15.6. The summed E-state index contributed by atoms with van der Waals surface area (Å²) in [5.41, 5.74) is 1.87. The van der Waals surface area contributed by atoms with Crippen molar-refractivity contribution < 1.29 is 17.9 Å². The van der Waals surface area contributed by atoms with Gasteiger partial charge in [0.15, 0.2) is 5.65 Å². The molecule has 2 aromatic heterocycles. The Hall–Kier alpha value is -2.65. The number of aryl methyl sites for hydroxylation is 2. The molecule has 0 saturated carbocycles. The van der Waals surface area contributed by atoms with E-state index in [1.54, 1.807) is 37.0 Å². The van der Waals surface area contributed by atoms with Gasteiger partial charge in [0, 0.05) is 19.5 Å². The second-order valence-corrected chi connectivity index (χ2v) is 7.40. The van der Waals surface area contributed by atoms with Crippen molar-refractivity contribution in [1.29, 1.82) is 0 Å². The lowest BCUT2D eigenvalue weighted by atomic mass is 10.3. The van der Waals surface area contributed by atoms with Crippen molar-refractivity contribution in [3.8, 4) is 5.75 Å². The maximum Gasteiger partial charge on any atom is 0.261 e. The third-order valence-electron chi connectivity index (χ3n) is 3.81. The molecule has 0 aliphatic carbocycles. The van der Waals surface area contributed by atoms with Crippen LogP contribution in [0.3, 0.4) is 0 Å². The second kappa shape index (κ2) is 7.30. The van der Waals surface area contributed by atoms with Gasteiger partial charge in [-0.05, 0) is 37.3 Å². The van der Waals surface area contributed by atoms with Crippen molar-refractivity contribution in [2.24, 2.45) is 7.05 Å². The van der Waals surface area contributed by atoms with Crippen LogP contribution in [0.1, 0.15) is 5.69 Å². The van der Waals surface area contributed by atoms with Crippen molar-refractivity contribution in [3.05, 3.63) is 42.2 Å². The third-order valence-corrected chi connectivity index (χ3v) is 5.20. The Kier molecular flexibility index (Phi) is 5.10. The summed E-state index contributed by atoms with van der Waals surface area (Å²) in [5, 5.41) is 5.08. The molecule has 0 fully saturated rings. The first-order valence-electron chi connectivity index (χ1n) is 7.94. The standard InChI is InChI=1S/C17H20N4O4S/c1-12-16-10-13(11-18-17(16)21(2)19-12)20-26(22,23)15-6-4-14(5-7-15)25-9-8-24-3/h4-7,10-11,20H,8-9H2,1-3H3. The number of hydrogen-bond acceptors (Lipinski definition) is 6. The van der Waals surface area contributed by atoms with E-state index >= 15 is 0 Å². The Bertz CT molecular complexity index is 1010. The van der Waals surface area contributed by atoms with Gasteiger partial charge in [0.05, 0.1) is 29.1 Å². The molecule has 2 heterocycles. The summed E-state index contributed by atoms with van der Waals surface area (Å²) >= 11 is 0. The van der Waals surface area contributed by atoms with Crippen molar-refractivity contribution >= 4 is 26.7 Å². The van der Waals surface area contributed by atoms with E-state index < -0.39 is 10.0 Å². The van der Waals surface area contributed by atoms with Gasteiger partial charge in [0.25, 0.3) is 10.0 Å². The van der Waals surface area contributed by atoms with Gasteiger partial charge in [0.1, 0.15) is 12.4 Å². The van der Waals surface area contributed by atoms with E-state index in [2.05, 4.69) is 14.8 Å². The van der Waals surface area contributed by atoms with Crippen molar-refractivity contribution in [2.75, 3.05) is 25.0 Å². The van der Waals surface area contributed by atoms with Gasteiger partial charge in [-0.1, -0.05) is 0 Å². The fourth-order valence-corrected chi connectivity index (χ4v) is 3.57. The van der Waals surface area contributed by atoms with E-state index in [4.69, 9.17) is 9.47 Å². The molecular weight excluding hydrogens is 356 g/mol. The van der Waals surface area contributed by atoms with Crippen molar-refractivity contribution in [3.63, 3.8) is 0 Å². The lowest BCUT2D eigenvalue weighted by Gasteiger charge is -2.09. The van der Waals surface area contributed by atoms with Gasteiger partial charge in [-0.15, -0.1) is 0 Å². The number of methoxy groups -OCH3 is 1. The number of aromatic nitrogens is 3. The van der Waals surface area contributed by atoms with Crippen LogP contribution in [-0.2, 0) is 21.8 Å². The van der Waals surface area contributed by atoms with Gasteiger partial charge in [-0.2, -0.15) is 5.10 Å². The Morgan fingerprint density at radius 1 is 1.19 bits per heavy atom. The Morgan fingerprint density at radius 2 is 1.92 bits per heavy atom. The molecule has 0 bridgehead atoms. The molecule has 0 spiro atoms. The number of hydrogen-bond donors (Lipinski definition) is 1. The Morgan fingerprint density at radius 3 is 2.62 bits per heavy atom. The summed E-state index contributed by atoms with van der Waals surface area (Å²) in [6, 6.07) is 7.93. The summed E-state index contributed by atoms with van der Waals surface area (Å²) in [4.78, 5) is 4.42. The molecule has 1 N–H and O–H groups in total. The molecule has 3 aromatic rings. The molecule has 0 amide bonds. The van der Waals surface area contributed by atoms with Crippen molar-refractivity contribution in [1.82, 2.24) is 14.8 Å². The predicted octanol–water partition coefficient (Wildman–Crippen LogP) is 2.10. The van der Waals surface area contributed by atoms with Gasteiger partial charge in [-0.3, -0.25) is 9.40 Å². The molecule has 8 nitrogen and oxygen atoms in total. The first kappa shape index (κ1) is 18.2. The summed E-state index contributed by atoms with van der Waals surface area (Å²) < 4.78 is 39.7. The number of anilines is 1. The summed E-state index contributed by atoms with van der Waals surface area (Å²) in [7, 11) is -0.346. The van der Waals surface area contributed by atoms with Crippen LogP contribution < -0.4 is 9.46 Å². The zero-order chi connectivity index (χ0) is 18.7. The minimum atomic E-state index is -3.73. The zero-order valence-electron chi connectivity index (χ0n) is 14.8. The highest BCUT2D eigenvalue weighted by Gasteiger charge is 2.16. The first-order valence-corrected chi connectivity index (χ1v) is 9.43. The van der Waals surface area contributed by atoms with Crippen molar-refractivity contribution in [2.45, 2.75) is 11.8 Å². The molecule has 1 aromatic carbocycles. The fourth-order valence-electron chi connectivity index (χ4n) is 2.54. The third kappa shape index (κ3) is 3.78. The highest BCUT2D eigenvalue weighted by atomic mass is 32.2. The number of nitrogens with one attached hydrogen (secondary N) is 1. The van der Waals surface area contributed by atoms with Crippen LogP contribution in [0.15, 0.2) is 41.4 Å². The molecule has 0 radical (unpaired) electrons. The van der Waals surface area contributed by atoms with E-state index in [-0.39, 0.29) is 4.90 Å². The van der Waals surface area contributed by atoms with E-state index in [1.807, 2.05) is 6.92 Å². The highest BCUT2D eigenvalue weighted by Crippen LogP contribution is 2.23. The number of benzene rings is 1. The number of ether oxygens (including phenoxy) is 2. The highest BCUT2D eigenvalue weighted by molar-refractivity contribution is 7.92. The predicted molar refractivity (Wildman–Crippen MR) is 97.9 cm³/mol. The number of nitrogens with zero attached hydrogens (tertiary/aromatic N) is 3. The molecule has 0 aliphatic heterocycles. The minimum absolute atomic E-state index is 0.139. The molecule has 26 heavy (non-hydrogen) atoms. The van der Waals surface area contributed by atoms with Gasteiger partial charge in [-0.25, -0.2) is 13.4 Å². The lowest BCUT2D eigenvalue weighted by molar-refractivity contribution is 0.146. The molecule has 3 rings (SSSR count). The summed E-state index contributed by atoms with van der Waals surface area (Å²) in [6.45, 7) is 2.71. The summed E-state index contributed by atoms with van der Waals surface area (Å²) in [5.74, 6) is 0.579. The van der Waals surface area contributed by atoms with Crippen LogP contribution in [0, 0.1) is 6.92 Å². The number of pyridine rings is 1. The van der Waals surface area contributed by atoms with Crippen LogP contribution in [-0.4, -0.2) is 43.5 Å². The fraction of sp³-hybridized carbons (Fsp3) is 0.294. The van der Waals surface area contributed by atoms with Crippen LogP contribution in [0.2, 0.25) is 0 Å². The normalized spacial score (nSPS) is 11.7. The molecule has 138 valence electrons. The minimum Gasteiger partial charge on any atom is -0.491 e. The maximum absolute atomic E-state index is 12.6. The molecule has 0 atom stereocenters. The number of sulfonamides is 1. The Balaban J connectivity index is 1.79. The van der Waals surface area contributed by atoms with E-state index in [1.165, 1.54) is 18.3 Å². The SMILES string of the molecule is COCCOc1ccc(S(=O)(=O)Nc2cnc3c(c2)c(C)nn3C)cc1. The average Bonchev–Trinajstić information content (AvgIpc) is 2.89. The molecular formula is C17H20N4O4S. The van der Waals surface area contributed by atoms with E-state index in [0.29, 0.717) is 30.3 Å². The van der Waals surface area contributed by atoms with Gasteiger partial charge >= 0.3 is 0 Å². The van der Waals surface area contributed by atoms with E-state index in [0.717, 1.165) is 11.1 Å².